The number of hydrogen-bond acceptors (Lipinski definition) is 6. The van der Waals surface area contributed by atoms with E-state index in [1.54, 1.807) is 0 Å². The van der Waals surface area contributed by atoms with Crippen LogP contribution in [0.25, 0.3) is 0 Å². The van der Waals surface area contributed by atoms with Gasteiger partial charge in [0.1, 0.15) is 28.4 Å². The second-order valence-electron chi connectivity index (χ2n) is 11.6. The molecule has 1 heterocycles. The first-order chi connectivity index (χ1) is 20.3. The SMILES string of the molecule is COC(=O)c1ccc(NC(=O)C2NC(CC(C)(C)C)C(C#N)(c3ccc(Cl)cc3F)C2c2cccc(Cl)c2F)cc1OC. The van der Waals surface area contributed by atoms with Crippen molar-refractivity contribution in [3.8, 4) is 11.8 Å². The molecular weight excluding hydrogens is 599 g/mol. The highest BCUT2D eigenvalue weighted by Crippen LogP contribution is 2.53. The molecule has 4 unspecified atom stereocenters. The Morgan fingerprint density at radius 1 is 1.09 bits per heavy atom. The van der Waals surface area contributed by atoms with Crippen LogP contribution in [0.15, 0.2) is 54.6 Å². The van der Waals surface area contributed by atoms with Gasteiger partial charge in [0.15, 0.2) is 0 Å². The van der Waals surface area contributed by atoms with Gasteiger partial charge < -0.3 is 20.1 Å². The van der Waals surface area contributed by atoms with Gasteiger partial charge in [-0.15, -0.1) is 0 Å². The number of esters is 1. The predicted octanol–water partition coefficient (Wildman–Crippen LogP) is 7.03. The Kier molecular flexibility index (Phi) is 9.36. The molecule has 3 aromatic carbocycles. The summed E-state index contributed by atoms with van der Waals surface area (Å²) in [5.74, 6) is -3.90. The van der Waals surface area contributed by atoms with Crippen LogP contribution in [0.1, 0.15) is 54.6 Å². The molecule has 0 aromatic heterocycles. The maximum atomic E-state index is 15.8. The third-order valence-corrected chi connectivity index (χ3v) is 8.13. The van der Waals surface area contributed by atoms with Crippen molar-refractivity contribution in [1.82, 2.24) is 5.32 Å². The zero-order valence-electron chi connectivity index (χ0n) is 24.2. The van der Waals surface area contributed by atoms with Crippen LogP contribution < -0.4 is 15.4 Å². The van der Waals surface area contributed by atoms with Crippen LogP contribution in [-0.2, 0) is 14.9 Å². The highest BCUT2D eigenvalue weighted by molar-refractivity contribution is 6.31. The Labute approximate surface area is 259 Å². The molecular formula is C32H31Cl2F2N3O4. The molecule has 43 heavy (non-hydrogen) atoms. The van der Waals surface area contributed by atoms with E-state index < -0.39 is 46.9 Å². The first kappa shape index (κ1) is 32.2. The van der Waals surface area contributed by atoms with Crippen molar-refractivity contribution in [2.24, 2.45) is 5.41 Å². The van der Waals surface area contributed by atoms with Crippen molar-refractivity contribution in [2.75, 3.05) is 19.5 Å². The molecule has 1 aliphatic heterocycles. The highest BCUT2D eigenvalue weighted by atomic mass is 35.5. The summed E-state index contributed by atoms with van der Waals surface area (Å²) in [5, 5.41) is 16.9. The molecule has 2 N–H and O–H groups in total. The minimum Gasteiger partial charge on any atom is -0.496 e. The molecule has 0 aliphatic carbocycles. The average molecular weight is 631 g/mol. The quantitative estimate of drug-likeness (QED) is 0.272. The molecule has 0 bridgehead atoms. The molecule has 1 fully saturated rings. The van der Waals surface area contributed by atoms with Crippen molar-refractivity contribution >= 4 is 40.8 Å². The summed E-state index contributed by atoms with van der Waals surface area (Å²) < 4.78 is 41.7. The molecule has 4 atom stereocenters. The topological polar surface area (TPSA) is 100 Å². The smallest absolute Gasteiger partial charge is 0.341 e. The summed E-state index contributed by atoms with van der Waals surface area (Å²) in [7, 11) is 2.60. The van der Waals surface area contributed by atoms with Crippen LogP contribution in [0.3, 0.4) is 0 Å². The Hall–Kier alpha value is -3.71. The Morgan fingerprint density at radius 2 is 1.81 bits per heavy atom. The second kappa shape index (κ2) is 12.5. The monoisotopic (exact) mass is 629 g/mol. The average Bonchev–Trinajstić information content (AvgIpc) is 3.26. The molecule has 0 saturated carbocycles. The van der Waals surface area contributed by atoms with Crippen LogP contribution >= 0.6 is 23.2 Å². The molecule has 11 heteroatoms. The summed E-state index contributed by atoms with van der Waals surface area (Å²) >= 11 is 12.3. The number of amides is 1. The number of methoxy groups -OCH3 is 2. The van der Waals surface area contributed by atoms with Crippen molar-refractivity contribution in [3.05, 3.63) is 93.0 Å². The number of rotatable bonds is 7. The van der Waals surface area contributed by atoms with Crippen LogP contribution in [0, 0.1) is 28.4 Å². The molecule has 0 spiro atoms. The lowest BCUT2D eigenvalue weighted by molar-refractivity contribution is -0.118. The van der Waals surface area contributed by atoms with E-state index in [1.165, 1.54) is 62.8 Å². The Morgan fingerprint density at radius 3 is 2.42 bits per heavy atom. The fourth-order valence-electron chi connectivity index (χ4n) is 5.82. The molecule has 1 saturated heterocycles. The highest BCUT2D eigenvalue weighted by Gasteiger charge is 2.61. The summed E-state index contributed by atoms with van der Waals surface area (Å²) in [6, 6.07) is 12.9. The lowest BCUT2D eigenvalue weighted by atomic mass is 9.62. The van der Waals surface area contributed by atoms with Gasteiger partial charge in [-0.1, -0.05) is 62.2 Å². The minimum atomic E-state index is -1.76. The molecule has 3 aromatic rings. The van der Waals surface area contributed by atoms with Gasteiger partial charge in [0, 0.05) is 34.3 Å². The first-order valence-corrected chi connectivity index (χ1v) is 14.2. The van der Waals surface area contributed by atoms with E-state index >= 15 is 8.78 Å². The maximum Gasteiger partial charge on any atom is 0.341 e. The third kappa shape index (κ3) is 6.19. The van der Waals surface area contributed by atoms with Crippen LogP contribution in [-0.4, -0.2) is 38.2 Å². The number of benzene rings is 3. The third-order valence-electron chi connectivity index (χ3n) is 7.61. The summed E-state index contributed by atoms with van der Waals surface area (Å²) in [6.07, 6.45) is 0.326. The van der Waals surface area contributed by atoms with E-state index in [9.17, 15) is 14.9 Å². The van der Waals surface area contributed by atoms with Gasteiger partial charge >= 0.3 is 5.97 Å². The second-order valence-corrected chi connectivity index (χ2v) is 12.4. The maximum absolute atomic E-state index is 15.8. The van der Waals surface area contributed by atoms with Crippen molar-refractivity contribution in [3.63, 3.8) is 0 Å². The zero-order valence-corrected chi connectivity index (χ0v) is 25.7. The number of carbonyl (C=O) groups is 2. The lowest BCUT2D eigenvalue weighted by Crippen LogP contribution is -2.45. The molecule has 7 nitrogen and oxygen atoms in total. The van der Waals surface area contributed by atoms with E-state index in [0.717, 1.165) is 6.07 Å². The van der Waals surface area contributed by atoms with Gasteiger partial charge in [0.05, 0.1) is 31.4 Å². The summed E-state index contributed by atoms with van der Waals surface area (Å²) in [4.78, 5) is 26.2. The molecule has 4 rings (SSSR count). The van der Waals surface area contributed by atoms with Crippen LogP contribution in [0.5, 0.6) is 5.75 Å². The van der Waals surface area contributed by atoms with Crippen LogP contribution in [0.2, 0.25) is 10.0 Å². The fourth-order valence-corrected chi connectivity index (χ4v) is 6.17. The molecule has 0 radical (unpaired) electrons. The molecule has 1 amide bonds. The van der Waals surface area contributed by atoms with Gasteiger partial charge in [0.2, 0.25) is 5.91 Å². The Bertz CT molecular complexity index is 1600. The fraction of sp³-hybridized carbons (Fsp3) is 0.344. The summed E-state index contributed by atoms with van der Waals surface area (Å²) in [6.45, 7) is 5.85. The first-order valence-electron chi connectivity index (χ1n) is 13.4. The van der Waals surface area contributed by atoms with Gasteiger partial charge in [-0.2, -0.15) is 5.26 Å². The minimum absolute atomic E-state index is 0.0221. The van der Waals surface area contributed by atoms with Crippen molar-refractivity contribution < 1.29 is 27.8 Å². The van der Waals surface area contributed by atoms with Gasteiger partial charge in [-0.25, -0.2) is 13.6 Å². The van der Waals surface area contributed by atoms with E-state index in [-0.39, 0.29) is 43.6 Å². The standard InChI is InChI=1S/C32H31Cl2F2N3O4/c1-31(2,3)15-25-32(16-37,21-12-9-17(33)13-23(21)35)26(20-7-6-8-22(34)27(20)36)28(39-25)29(40)38-18-10-11-19(30(41)43-5)24(14-18)42-4/h6-14,25-26,28,39H,15H2,1-5H3,(H,38,40). The van der Waals surface area contributed by atoms with E-state index in [2.05, 4.69) is 16.7 Å². The summed E-state index contributed by atoms with van der Waals surface area (Å²) in [5.41, 5.74) is -1.78. The van der Waals surface area contributed by atoms with E-state index in [4.69, 9.17) is 32.7 Å². The van der Waals surface area contributed by atoms with Crippen molar-refractivity contribution in [1.29, 1.82) is 5.26 Å². The number of anilines is 1. The van der Waals surface area contributed by atoms with Crippen molar-refractivity contribution in [2.45, 2.75) is 50.6 Å². The Balaban J connectivity index is 1.91. The number of nitriles is 1. The number of nitrogens with zero attached hydrogens (tertiary/aromatic N) is 1. The van der Waals surface area contributed by atoms with E-state index in [0.29, 0.717) is 6.42 Å². The number of carbonyl (C=O) groups excluding carboxylic acids is 2. The van der Waals surface area contributed by atoms with E-state index in [1.807, 2.05) is 20.8 Å². The zero-order chi connectivity index (χ0) is 31.7. The number of nitrogens with one attached hydrogen (secondary N) is 2. The van der Waals surface area contributed by atoms with Gasteiger partial charge in [-0.05, 0) is 47.7 Å². The normalized spacial score (nSPS) is 21.6. The van der Waals surface area contributed by atoms with Gasteiger partial charge in [0.25, 0.3) is 0 Å². The predicted molar refractivity (Wildman–Crippen MR) is 161 cm³/mol. The number of halogens is 4. The lowest BCUT2D eigenvalue weighted by Gasteiger charge is -2.37. The van der Waals surface area contributed by atoms with Gasteiger partial charge in [-0.3, -0.25) is 4.79 Å². The number of ether oxygens (including phenoxy) is 2. The molecule has 226 valence electrons. The largest absolute Gasteiger partial charge is 0.496 e. The number of hydrogen-bond donors (Lipinski definition) is 2. The molecule has 1 aliphatic rings. The van der Waals surface area contributed by atoms with Crippen LogP contribution in [0.4, 0.5) is 14.5 Å².